The van der Waals surface area contributed by atoms with Crippen LogP contribution in [0.15, 0.2) is 24.3 Å². The van der Waals surface area contributed by atoms with Gasteiger partial charge in [0.15, 0.2) is 5.82 Å². The molecule has 7 nitrogen and oxygen atoms in total. The lowest BCUT2D eigenvalue weighted by molar-refractivity contribution is -0.125. The molecule has 0 saturated heterocycles. The number of rotatable bonds is 3. The van der Waals surface area contributed by atoms with Crippen LogP contribution in [0.2, 0.25) is 0 Å². The average Bonchev–Trinajstić information content (AvgIpc) is 2.81. The molecule has 1 atom stereocenters. The molecule has 1 aliphatic rings. The van der Waals surface area contributed by atoms with E-state index in [1.54, 1.807) is 14.2 Å². The Morgan fingerprint density at radius 1 is 1.41 bits per heavy atom. The maximum absolute atomic E-state index is 11.8. The monoisotopic (exact) mass is 302 g/mol. The molecule has 1 aromatic carbocycles. The molecule has 0 bridgehead atoms. The van der Waals surface area contributed by atoms with E-state index < -0.39 is 11.9 Å². The Balaban J connectivity index is 1.94. The second-order valence-electron chi connectivity index (χ2n) is 5.36. The zero-order valence-corrected chi connectivity index (χ0v) is 12.5. The van der Waals surface area contributed by atoms with Gasteiger partial charge in [-0.15, -0.1) is 0 Å². The summed E-state index contributed by atoms with van der Waals surface area (Å²) in [6, 6.07) is 6.96. The topological polar surface area (TPSA) is 93.6 Å². The molecule has 0 unspecified atom stereocenters. The maximum atomic E-state index is 11.8. The van der Waals surface area contributed by atoms with Crippen molar-refractivity contribution >= 4 is 11.7 Å². The first kappa shape index (κ1) is 14.6. The lowest BCUT2D eigenvalue weighted by Gasteiger charge is -2.25. The first-order valence-corrected chi connectivity index (χ1v) is 6.97. The van der Waals surface area contributed by atoms with Crippen molar-refractivity contribution in [1.82, 2.24) is 9.78 Å². The number of benzene rings is 1. The number of amides is 1. The normalized spacial score (nSPS) is 17.5. The molecule has 3 N–H and O–H groups in total. The SMILES string of the molecule is COc1ccc(Cc2nn(C)c3c2C[C@H](N)C(=O)N3O)cc1. The van der Waals surface area contributed by atoms with Crippen LogP contribution in [-0.4, -0.2) is 34.0 Å². The third-order valence-corrected chi connectivity index (χ3v) is 3.88. The van der Waals surface area contributed by atoms with Gasteiger partial charge in [-0.3, -0.25) is 10.0 Å². The molecule has 2 aromatic rings. The summed E-state index contributed by atoms with van der Waals surface area (Å²) in [6.45, 7) is 0. The summed E-state index contributed by atoms with van der Waals surface area (Å²) in [7, 11) is 3.32. The summed E-state index contributed by atoms with van der Waals surface area (Å²) >= 11 is 0. The van der Waals surface area contributed by atoms with Gasteiger partial charge >= 0.3 is 0 Å². The van der Waals surface area contributed by atoms with Gasteiger partial charge in [-0.05, 0) is 17.7 Å². The van der Waals surface area contributed by atoms with Gasteiger partial charge in [0.25, 0.3) is 5.91 Å². The number of aromatic nitrogens is 2. The Labute approximate surface area is 127 Å². The molecule has 116 valence electrons. The highest BCUT2D eigenvalue weighted by molar-refractivity contribution is 5.97. The number of carbonyl (C=O) groups excluding carboxylic acids is 1. The lowest BCUT2D eigenvalue weighted by Crippen LogP contribution is -2.47. The number of ether oxygens (including phenoxy) is 1. The molecule has 1 aliphatic heterocycles. The molecule has 2 heterocycles. The lowest BCUT2D eigenvalue weighted by atomic mass is 9.98. The van der Waals surface area contributed by atoms with Crippen molar-refractivity contribution in [1.29, 1.82) is 0 Å². The van der Waals surface area contributed by atoms with Gasteiger partial charge in [0, 0.05) is 25.5 Å². The van der Waals surface area contributed by atoms with E-state index in [2.05, 4.69) is 5.10 Å². The van der Waals surface area contributed by atoms with Gasteiger partial charge in [-0.1, -0.05) is 12.1 Å². The molecule has 1 aromatic heterocycles. The number of nitrogens with zero attached hydrogens (tertiary/aromatic N) is 3. The fourth-order valence-electron chi connectivity index (χ4n) is 2.73. The van der Waals surface area contributed by atoms with Crippen LogP contribution in [0.5, 0.6) is 5.75 Å². The van der Waals surface area contributed by atoms with Crippen LogP contribution in [0.25, 0.3) is 0 Å². The third kappa shape index (κ3) is 2.34. The van der Waals surface area contributed by atoms with Crippen molar-refractivity contribution in [3.05, 3.63) is 41.1 Å². The Kier molecular flexibility index (Phi) is 3.59. The summed E-state index contributed by atoms with van der Waals surface area (Å²) < 4.78 is 6.65. The number of carbonyl (C=O) groups is 1. The Morgan fingerprint density at radius 3 is 2.73 bits per heavy atom. The fraction of sp³-hybridized carbons (Fsp3) is 0.333. The smallest absolute Gasteiger partial charge is 0.269 e. The molecule has 0 aliphatic carbocycles. The zero-order valence-electron chi connectivity index (χ0n) is 12.5. The van der Waals surface area contributed by atoms with Gasteiger partial charge in [-0.25, -0.2) is 4.68 Å². The van der Waals surface area contributed by atoms with Crippen molar-refractivity contribution < 1.29 is 14.7 Å². The highest BCUT2D eigenvalue weighted by Crippen LogP contribution is 2.30. The third-order valence-electron chi connectivity index (χ3n) is 3.88. The minimum absolute atomic E-state index is 0.380. The van der Waals surface area contributed by atoms with E-state index in [4.69, 9.17) is 10.5 Å². The number of fused-ring (bicyclic) bond motifs is 1. The molecule has 7 heteroatoms. The molecule has 0 saturated carbocycles. The first-order valence-electron chi connectivity index (χ1n) is 6.97. The highest BCUT2D eigenvalue weighted by Gasteiger charge is 2.34. The van der Waals surface area contributed by atoms with Gasteiger partial charge in [0.2, 0.25) is 0 Å². The molecule has 0 radical (unpaired) electrons. The molecular formula is C15H18N4O3. The van der Waals surface area contributed by atoms with E-state index in [1.165, 1.54) is 4.68 Å². The molecule has 22 heavy (non-hydrogen) atoms. The summed E-state index contributed by atoms with van der Waals surface area (Å²) in [4.78, 5) is 11.8. The maximum Gasteiger partial charge on any atom is 0.269 e. The second-order valence-corrected chi connectivity index (χ2v) is 5.36. The van der Waals surface area contributed by atoms with Crippen LogP contribution in [0, 0.1) is 0 Å². The molecule has 0 fully saturated rings. The summed E-state index contributed by atoms with van der Waals surface area (Å²) in [5.74, 6) is 0.683. The number of aryl methyl sites for hydroxylation is 1. The quantitative estimate of drug-likeness (QED) is 0.811. The number of hydroxylamine groups is 1. The predicted molar refractivity (Wildman–Crippen MR) is 80.0 cm³/mol. The summed E-state index contributed by atoms with van der Waals surface area (Å²) in [6.07, 6.45) is 0.979. The van der Waals surface area contributed by atoms with E-state index in [1.807, 2.05) is 24.3 Å². The average molecular weight is 302 g/mol. The number of methoxy groups -OCH3 is 1. The van der Waals surface area contributed by atoms with Gasteiger partial charge in [0.1, 0.15) is 5.75 Å². The van der Waals surface area contributed by atoms with Crippen molar-refractivity contribution in [2.75, 3.05) is 12.2 Å². The van der Waals surface area contributed by atoms with Crippen molar-refractivity contribution in [3.8, 4) is 5.75 Å². The van der Waals surface area contributed by atoms with Crippen LogP contribution < -0.4 is 15.5 Å². The van der Waals surface area contributed by atoms with Gasteiger partial charge < -0.3 is 10.5 Å². The Bertz CT molecular complexity index is 708. The second kappa shape index (κ2) is 5.43. The fourth-order valence-corrected chi connectivity index (χ4v) is 2.73. The molecule has 0 spiro atoms. The van der Waals surface area contributed by atoms with Crippen LogP contribution in [0.1, 0.15) is 16.8 Å². The minimum Gasteiger partial charge on any atom is -0.497 e. The van der Waals surface area contributed by atoms with Crippen molar-refractivity contribution in [2.45, 2.75) is 18.9 Å². The van der Waals surface area contributed by atoms with E-state index >= 15 is 0 Å². The van der Waals surface area contributed by atoms with E-state index in [-0.39, 0.29) is 0 Å². The zero-order chi connectivity index (χ0) is 15.9. The van der Waals surface area contributed by atoms with Crippen molar-refractivity contribution in [2.24, 2.45) is 12.8 Å². The van der Waals surface area contributed by atoms with Crippen LogP contribution >= 0.6 is 0 Å². The standard InChI is InChI=1S/C15H18N4O3/c1-18-14-11(8-12(16)15(20)19(14)21)13(17-18)7-9-3-5-10(22-2)6-4-9/h3-6,12,21H,7-8,16H2,1-2H3/t12-/m0/s1. The van der Waals surface area contributed by atoms with Crippen LogP contribution in [0.4, 0.5) is 5.82 Å². The molecular weight excluding hydrogens is 284 g/mol. The summed E-state index contributed by atoms with van der Waals surface area (Å²) in [5.41, 5.74) is 8.48. The van der Waals surface area contributed by atoms with E-state index in [0.29, 0.717) is 23.7 Å². The molecule has 1 amide bonds. The predicted octanol–water partition coefficient (Wildman–Crippen LogP) is 0.625. The van der Waals surface area contributed by atoms with E-state index in [9.17, 15) is 10.0 Å². The van der Waals surface area contributed by atoms with Crippen molar-refractivity contribution in [3.63, 3.8) is 0 Å². The van der Waals surface area contributed by atoms with Crippen LogP contribution in [0.3, 0.4) is 0 Å². The first-order chi connectivity index (χ1) is 10.5. The molecule has 3 rings (SSSR count). The number of hydrogen-bond acceptors (Lipinski definition) is 5. The van der Waals surface area contributed by atoms with E-state index in [0.717, 1.165) is 22.6 Å². The number of anilines is 1. The highest BCUT2D eigenvalue weighted by atomic mass is 16.5. The summed E-state index contributed by atoms with van der Waals surface area (Å²) in [5, 5.41) is 15.0. The van der Waals surface area contributed by atoms with Crippen LogP contribution in [-0.2, 0) is 24.7 Å². The number of hydrogen-bond donors (Lipinski definition) is 2. The number of nitrogens with two attached hydrogens (primary N) is 1. The Morgan fingerprint density at radius 2 is 2.09 bits per heavy atom. The van der Waals surface area contributed by atoms with Gasteiger partial charge in [0.05, 0.1) is 18.8 Å². The Hall–Kier alpha value is -2.38. The minimum atomic E-state index is -0.740. The van der Waals surface area contributed by atoms with Gasteiger partial charge in [-0.2, -0.15) is 10.2 Å². The largest absolute Gasteiger partial charge is 0.497 e.